The molecule has 1 aromatic heterocycles. The summed E-state index contributed by atoms with van der Waals surface area (Å²) in [4.78, 5) is 2.19. The lowest BCUT2D eigenvalue weighted by atomic mass is 9.95. The normalized spacial score (nSPS) is 17.8. The lowest BCUT2D eigenvalue weighted by Crippen LogP contribution is -2.36. The average molecular weight is 349 g/mol. The summed E-state index contributed by atoms with van der Waals surface area (Å²) in [6.07, 6.45) is 3.70. The van der Waals surface area contributed by atoms with Gasteiger partial charge in [-0.2, -0.15) is 0 Å². The SMILES string of the molecule is Oc1c2c(c(O)n1-c1ccc(N3CCOCC3)c(Cl)c1)CCCC2. The Labute approximate surface area is 146 Å². The summed E-state index contributed by atoms with van der Waals surface area (Å²) >= 11 is 6.48. The molecule has 1 aromatic carbocycles. The van der Waals surface area contributed by atoms with Crippen molar-refractivity contribution < 1.29 is 14.9 Å². The molecule has 2 aliphatic rings. The van der Waals surface area contributed by atoms with Crippen molar-refractivity contribution in [2.75, 3.05) is 31.2 Å². The van der Waals surface area contributed by atoms with Crippen LogP contribution in [0.2, 0.25) is 5.02 Å². The molecule has 2 N–H and O–H groups in total. The van der Waals surface area contributed by atoms with Crippen molar-refractivity contribution in [3.8, 4) is 17.4 Å². The topological polar surface area (TPSA) is 57.9 Å². The lowest BCUT2D eigenvalue weighted by Gasteiger charge is -2.29. The van der Waals surface area contributed by atoms with Crippen LogP contribution < -0.4 is 4.90 Å². The van der Waals surface area contributed by atoms with E-state index >= 15 is 0 Å². The van der Waals surface area contributed by atoms with Gasteiger partial charge < -0.3 is 19.8 Å². The zero-order valence-electron chi connectivity index (χ0n) is 13.5. The fraction of sp³-hybridized carbons (Fsp3) is 0.444. The van der Waals surface area contributed by atoms with Crippen LogP contribution in [0.5, 0.6) is 11.8 Å². The molecule has 128 valence electrons. The van der Waals surface area contributed by atoms with Gasteiger partial charge in [0.05, 0.1) is 29.6 Å². The van der Waals surface area contributed by atoms with E-state index in [1.807, 2.05) is 12.1 Å². The van der Waals surface area contributed by atoms with Gasteiger partial charge in [0.2, 0.25) is 11.8 Å². The molecule has 6 heteroatoms. The van der Waals surface area contributed by atoms with Crippen molar-refractivity contribution in [3.63, 3.8) is 0 Å². The minimum Gasteiger partial charge on any atom is -0.494 e. The van der Waals surface area contributed by atoms with Crippen molar-refractivity contribution in [1.82, 2.24) is 4.57 Å². The Balaban J connectivity index is 1.73. The number of nitrogens with zero attached hydrogens (tertiary/aromatic N) is 2. The van der Waals surface area contributed by atoms with Gasteiger partial charge in [-0.25, -0.2) is 0 Å². The van der Waals surface area contributed by atoms with Crippen LogP contribution in [-0.2, 0) is 17.6 Å². The lowest BCUT2D eigenvalue weighted by molar-refractivity contribution is 0.122. The van der Waals surface area contributed by atoms with Gasteiger partial charge in [-0.3, -0.25) is 4.57 Å². The highest BCUT2D eigenvalue weighted by Gasteiger charge is 2.25. The fourth-order valence-electron chi connectivity index (χ4n) is 3.71. The van der Waals surface area contributed by atoms with E-state index in [2.05, 4.69) is 4.90 Å². The zero-order chi connectivity index (χ0) is 16.7. The molecule has 1 fully saturated rings. The van der Waals surface area contributed by atoms with Gasteiger partial charge >= 0.3 is 0 Å². The summed E-state index contributed by atoms with van der Waals surface area (Å²) in [7, 11) is 0. The Bertz CT molecular complexity index is 737. The van der Waals surface area contributed by atoms with Gasteiger partial charge in [-0.15, -0.1) is 0 Å². The highest BCUT2D eigenvalue weighted by molar-refractivity contribution is 6.33. The summed E-state index contributed by atoms with van der Waals surface area (Å²) in [6.45, 7) is 3.02. The molecule has 2 aromatic rings. The van der Waals surface area contributed by atoms with E-state index in [1.165, 1.54) is 4.57 Å². The third-order valence-corrected chi connectivity index (χ3v) is 5.28. The van der Waals surface area contributed by atoms with Crippen LogP contribution in [0.25, 0.3) is 5.69 Å². The first-order valence-electron chi connectivity index (χ1n) is 8.44. The van der Waals surface area contributed by atoms with Gasteiger partial charge in [0.15, 0.2) is 0 Å². The molecule has 0 bridgehead atoms. The Hall–Kier alpha value is -1.85. The molecule has 0 unspecified atom stereocenters. The van der Waals surface area contributed by atoms with Crippen molar-refractivity contribution in [3.05, 3.63) is 34.3 Å². The fourth-order valence-corrected chi connectivity index (χ4v) is 4.00. The number of aromatic hydroxyl groups is 2. The van der Waals surface area contributed by atoms with Gasteiger partial charge in [0, 0.05) is 24.2 Å². The first-order valence-corrected chi connectivity index (χ1v) is 8.81. The van der Waals surface area contributed by atoms with Crippen molar-refractivity contribution in [2.45, 2.75) is 25.7 Å². The Morgan fingerprint density at radius 3 is 2.17 bits per heavy atom. The largest absolute Gasteiger partial charge is 0.494 e. The van der Waals surface area contributed by atoms with E-state index in [-0.39, 0.29) is 11.8 Å². The first-order chi connectivity index (χ1) is 11.7. The molecule has 5 nitrogen and oxygen atoms in total. The number of ether oxygens (including phenoxy) is 1. The van der Waals surface area contributed by atoms with Crippen molar-refractivity contribution >= 4 is 17.3 Å². The van der Waals surface area contributed by atoms with Crippen molar-refractivity contribution in [2.24, 2.45) is 0 Å². The van der Waals surface area contributed by atoms with Crippen LogP contribution in [0, 0.1) is 0 Å². The van der Waals surface area contributed by atoms with E-state index in [0.29, 0.717) is 23.9 Å². The van der Waals surface area contributed by atoms with Gasteiger partial charge in [0.1, 0.15) is 0 Å². The molecule has 24 heavy (non-hydrogen) atoms. The van der Waals surface area contributed by atoms with Crippen LogP contribution in [0.4, 0.5) is 5.69 Å². The quantitative estimate of drug-likeness (QED) is 0.874. The second kappa shape index (κ2) is 6.22. The predicted octanol–water partition coefficient (Wildman–Crippen LogP) is 3.26. The van der Waals surface area contributed by atoms with E-state index in [0.717, 1.165) is 55.6 Å². The highest BCUT2D eigenvalue weighted by Crippen LogP contribution is 2.41. The maximum absolute atomic E-state index is 10.6. The molecule has 1 saturated heterocycles. The number of hydrogen-bond donors (Lipinski definition) is 2. The summed E-state index contributed by atoms with van der Waals surface area (Å²) in [5, 5.41) is 21.7. The van der Waals surface area contributed by atoms with E-state index < -0.39 is 0 Å². The maximum atomic E-state index is 10.6. The van der Waals surface area contributed by atoms with E-state index in [4.69, 9.17) is 16.3 Å². The molecule has 1 aliphatic heterocycles. The van der Waals surface area contributed by atoms with E-state index in [9.17, 15) is 10.2 Å². The highest BCUT2D eigenvalue weighted by atomic mass is 35.5. The molecule has 0 saturated carbocycles. The smallest absolute Gasteiger partial charge is 0.202 e. The van der Waals surface area contributed by atoms with Gasteiger partial charge in [-0.1, -0.05) is 11.6 Å². The molecular formula is C18H21ClN2O3. The van der Waals surface area contributed by atoms with Crippen LogP contribution in [0.15, 0.2) is 18.2 Å². The molecule has 2 heterocycles. The summed E-state index contributed by atoms with van der Waals surface area (Å²) in [5.41, 5.74) is 3.38. The number of hydrogen-bond acceptors (Lipinski definition) is 4. The number of benzene rings is 1. The summed E-state index contributed by atoms with van der Waals surface area (Å²) in [5.74, 6) is 0.273. The molecule has 0 radical (unpaired) electrons. The number of morpholine rings is 1. The van der Waals surface area contributed by atoms with Crippen LogP contribution in [0.1, 0.15) is 24.0 Å². The Morgan fingerprint density at radius 1 is 0.958 bits per heavy atom. The van der Waals surface area contributed by atoms with Crippen molar-refractivity contribution in [1.29, 1.82) is 0 Å². The number of fused-ring (bicyclic) bond motifs is 1. The van der Waals surface area contributed by atoms with Gasteiger partial charge in [0.25, 0.3) is 0 Å². The Morgan fingerprint density at radius 2 is 1.58 bits per heavy atom. The third-order valence-electron chi connectivity index (χ3n) is 4.97. The molecule has 0 spiro atoms. The molecule has 0 atom stereocenters. The molecule has 4 rings (SSSR count). The summed E-state index contributed by atoms with van der Waals surface area (Å²) in [6, 6.07) is 5.64. The number of halogens is 1. The zero-order valence-corrected chi connectivity index (χ0v) is 14.2. The van der Waals surface area contributed by atoms with E-state index in [1.54, 1.807) is 6.07 Å². The minimum atomic E-state index is 0.136. The number of rotatable bonds is 2. The third kappa shape index (κ3) is 2.52. The predicted molar refractivity (Wildman–Crippen MR) is 93.8 cm³/mol. The minimum absolute atomic E-state index is 0.136. The van der Waals surface area contributed by atoms with Gasteiger partial charge in [-0.05, 0) is 43.9 Å². The van der Waals surface area contributed by atoms with Crippen LogP contribution in [-0.4, -0.2) is 41.1 Å². The number of anilines is 1. The molecule has 1 aliphatic carbocycles. The second-order valence-corrected chi connectivity index (χ2v) is 6.79. The molecule has 0 amide bonds. The first kappa shape index (κ1) is 15.7. The second-order valence-electron chi connectivity index (χ2n) is 6.38. The summed E-state index contributed by atoms with van der Waals surface area (Å²) < 4.78 is 6.88. The number of aromatic nitrogens is 1. The maximum Gasteiger partial charge on any atom is 0.202 e. The average Bonchev–Trinajstić information content (AvgIpc) is 2.87. The monoisotopic (exact) mass is 348 g/mol. The Kier molecular flexibility index (Phi) is 4.06. The van der Waals surface area contributed by atoms with Crippen LogP contribution >= 0.6 is 11.6 Å². The van der Waals surface area contributed by atoms with Crippen LogP contribution in [0.3, 0.4) is 0 Å². The standard InChI is InChI=1S/C18H21ClN2O3/c19-15-11-12(5-6-16(15)20-7-9-24-10-8-20)21-17(22)13-3-1-2-4-14(13)18(21)23/h5-6,11,22-23H,1-4,7-10H2. The molecular weight excluding hydrogens is 328 g/mol.